The maximum absolute atomic E-state index is 14.7. The van der Waals surface area contributed by atoms with Gasteiger partial charge in [0.2, 0.25) is 0 Å². The number of pyridine rings is 1. The van der Waals surface area contributed by atoms with Crippen molar-refractivity contribution in [2.24, 2.45) is 0 Å². The Morgan fingerprint density at radius 3 is 2.29 bits per heavy atom. The second-order valence-electron chi connectivity index (χ2n) is 6.66. The van der Waals surface area contributed by atoms with Crippen LogP contribution in [-0.4, -0.2) is 23.2 Å². The number of nitrogen functional groups attached to an aromatic ring is 1. The third-order valence-electron chi connectivity index (χ3n) is 4.46. The second kappa shape index (κ2) is 8.86. The van der Waals surface area contributed by atoms with Crippen molar-refractivity contribution in [1.29, 1.82) is 0 Å². The van der Waals surface area contributed by atoms with E-state index in [2.05, 4.69) is 0 Å². The number of aldehydes is 1. The van der Waals surface area contributed by atoms with Gasteiger partial charge in [-0.1, -0.05) is 6.07 Å². The molecule has 0 spiro atoms. The van der Waals surface area contributed by atoms with Crippen LogP contribution in [0.4, 0.5) is 19.0 Å². The average molecular weight is 430 g/mol. The number of aromatic nitrogens is 1. The minimum Gasteiger partial charge on any atom is -0.493 e. The fourth-order valence-electron chi connectivity index (χ4n) is 2.99. The van der Waals surface area contributed by atoms with Gasteiger partial charge in [-0.05, 0) is 30.7 Å². The fourth-order valence-corrected chi connectivity index (χ4v) is 2.99. The fraction of sp³-hybridized carbons (Fsp3) is 0.136. The van der Waals surface area contributed by atoms with E-state index in [4.69, 9.17) is 10.5 Å². The number of hydrogen-bond donors (Lipinski definition) is 1. The average Bonchev–Trinajstić information content (AvgIpc) is 2.69. The molecule has 3 aromatic rings. The molecule has 0 amide bonds. The van der Waals surface area contributed by atoms with Crippen LogP contribution >= 0.6 is 0 Å². The van der Waals surface area contributed by atoms with E-state index in [0.29, 0.717) is 16.4 Å². The summed E-state index contributed by atoms with van der Waals surface area (Å²) in [6.45, 7) is 1.56. The van der Waals surface area contributed by atoms with Crippen molar-refractivity contribution in [2.45, 2.75) is 13.3 Å². The first kappa shape index (κ1) is 21.8. The first-order valence-electron chi connectivity index (χ1n) is 9.12. The molecule has 0 bridgehead atoms. The number of carbonyl (C=O) groups excluding carboxylic acids is 2. The van der Waals surface area contributed by atoms with E-state index in [1.54, 1.807) is 6.92 Å². The Balaban J connectivity index is 2.10. The first-order valence-corrected chi connectivity index (χ1v) is 9.12. The zero-order chi connectivity index (χ0) is 22.7. The van der Waals surface area contributed by atoms with Crippen molar-refractivity contribution < 1.29 is 27.5 Å². The standard InChI is InChI=1S/C22H17F3N2O4/c1-12-3-4-14(16(23)9-12)21(30)15-5-6-19(29)27(22(15)26)20-17(24)10-13(11-18(20)25)31-8-2-7-28/h3-7,9-11H,2,8,26H2,1H3. The third kappa shape index (κ3) is 4.35. The normalized spacial score (nSPS) is 10.7. The molecule has 0 aliphatic heterocycles. The maximum atomic E-state index is 14.7. The van der Waals surface area contributed by atoms with Crippen LogP contribution in [-0.2, 0) is 4.79 Å². The third-order valence-corrected chi connectivity index (χ3v) is 4.46. The summed E-state index contributed by atoms with van der Waals surface area (Å²) in [5.41, 5.74) is 4.20. The van der Waals surface area contributed by atoms with E-state index in [1.165, 1.54) is 12.1 Å². The molecule has 0 saturated heterocycles. The molecule has 2 N–H and O–H groups in total. The van der Waals surface area contributed by atoms with Crippen LogP contribution in [0.15, 0.2) is 47.3 Å². The van der Waals surface area contributed by atoms with E-state index in [0.717, 1.165) is 30.3 Å². The number of halogens is 3. The Morgan fingerprint density at radius 1 is 1.03 bits per heavy atom. The lowest BCUT2D eigenvalue weighted by Gasteiger charge is -2.15. The van der Waals surface area contributed by atoms with Crippen molar-refractivity contribution in [1.82, 2.24) is 4.57 Å². The molecule has 6 nitrogen and oxygen atoms in total. The molecular weight excluding hydrogens is 413 g/mol. The maximum Gasteiger partial charge on any atom is 0.256 e. The van der Waals surface area contributed by atoms with Crippen LogP contribution in [0, 0.1) is 24.4 Å². The molecule has 0 atom stereocenters. The molecule has 0 radical (unpaired) electrons. The summed E-state index contributed by atoms with van der Waals surface area (Å²) in [5, 5.41) is 0. The molecule has 31 heavy (non-hydrogen) atoms. The number of nitrogens with two attached hydrogens (primary N) is 1. The van der Waals surface area contributed by atoms with E-state index in [-0.39, 0.29) is 29.9 Å². The van der Waals surface area contributed by atoms with Crippen LogP contribution in [0.1, 0.15) is 27.9 Å². The van der Waals surface area contributed by atoms with Crippen LogP contribution in [0.2, 0.25) is 0 Å². The van der Waals surface area contributed by atoms with Crippen LogP contribution in [0.25, 0.3) is 5.69 Å². The summed E-state index contributed by atoms with van der Waals surface area (Å²) in [5.74, 6) is -4.75. The summed E-state index contributed by atoms with van der Waals surface area (Å²) in [4.78, 5) is 35.5. The Kier molecular flexibility index (Phi) is 6.24. The van der Waals surface area contributed by atoms with Crippen molar-refractivity contribution >= 4 is 17.9 Å². The highest BCUT2D eigenvalue weighted by molar-refractivity contribution is 6.11. The molecule has 0 fully saturated rings. The summed E-state index contributed by atoms with van der Waals surface area (Å²) >= 11 is 0. The lowest BCUT2D eigenvalue weighted by Crippen LogP contribution is -2.25. The molecule has 1 heterocycles. The predicted molar refractivity (Wildman–Crippen MR) is 107 cm³/mol. The molecule has 0 aliphatic carbocycles. The Hall–Kier alpha value is -3.88. The molecule has 1 aromatic heterocycles. The molecular formula is C22H17F3N2O4. The SMILES string of the molecule is Cc1ccc(C(=O)c2ccc(=O)n(-c3c(F)cc(OCCC=O)cc3F)c2N)c(F)c1. The molecule has 2 aromatic carbocycles. The first-order chi connectivity index (χ1) is 14.7. The molecule has 3 rings (SSSR count). The Morgan fingerprint density at radius 2 is 1.68 bits per heavy atom. The number of hydrogen-bond acceptors (Lipinski definition) is 5. The molecule has 0 aliphatic rings. The highest BCUT2D eigenvalue weighted by Gasteiger charge is 2.23. The van der Waals surface area contributed by atoms with Gasteiger partial charge in [-0.3, -0.25) is 14.2 Å². The topological polar surface area (TPSA) is 91.4 Å². The number of ketones is 1. The summed E-state index contributed by atoms with van der Waals surface area (Å²) < 4.78 is 49.2. The lowest BCUT2D eigenvalue weighted by atomic mass is 10.0. The minimum absolute atomic E-state index is 0.0249. The van der Waals surface area contributed by atoms with Gasteiger partial charge in [0.25, 0.3) is 5.56 Å². The summed E-state index contributed by atoms with van der Waals surface area (Å²) in [6, 6.07) is 7.56. The van der Waals surface area contributed by atoms with E-state index in [1.807, 2.05) is 0 Å². The van der Waals surface area contributed by atoms with Gasteiger partial charge in [0, 0.05) is 24.6 Å². The lowest BCUT2D eigenvalue weighted by molar-refractivity contribution is -0.108. The van der Waals surface area contributed by atoms with Crippen LogP contribution in [0.3, 0.4) is 0 Å². The highest BCUT2D eigenvalue weighted by atomic mass is 19.1. The Labute approximate surface area is 174 Å². The van der Waals surface area contributed by atoms with Gasteiger partial charge in [0.15, 0.2) is 17.4 Å². The van der Waals surface area contributed by atoms with Gasteiger partial charge in [-0.2, -0.15) is 0 Å². The van der Waals surface area contributed by atoms with E-state index in [9.17, 15) is 27.6 Å². The summed E-state index contributed by atoms with van der Waals surface area (Å²) in [7, 11) is 0. The van der Waals surface area contributed by atoms with Gasteiger partial charge in [0.1, 0.15) is 29.4 Å². The van der Waals surface area contributed by atoms with Crippen molar-refractivity contribution in [3.8, 4) is 11.4 Å². The van der Waals surface area contributed by atoms with Crippen molar-refractivity contribution in [2.75, 3.05) is 12.3 Å². The summed E-state index contributed by atoms with van der Waals surface area (Å²) in [6.07, 6.45) is 0.609. The highest BCUT2D eigenvalue weighted by Crippen LogP contribution is 2.27. The van der Waals surface area contributed by atoms with Gasteiger partial charge in [-0.25, -0.2) is 13.2 Å². The molecule has 9 heteroatoms. The largest absolute Gasteiger partial charge is 0.493 e. The van der Waals surface area contributed by atoms with Crippen LogP contribution in [0.5, 0.6) is 5.75 Å². The monoisotopic (exact) mass is 430 g/mol. The smallest absolute Gasteiger partial charge is 0.256 e. The number of aryl methyl sites for hydroxylation is 1. The van der Waals surface area contributed by atoms with Gasteiger partial charge < -0.3 is 15.3 Å². The zero-order valence-electron chi connectivity index (χ0n) is 16.3. The predicted octanol–water partition coefficient (Wildman–Crippen LogP) is 3.34. The number of anilines is 1. The number of nitrogens with zero attached hydrogens (tertiary/aromatic N) is 1. The Bertz CT molecular complexity index is 1210. The number of benzene rings is 2. The van der Waals surface area contributed by atoms with Gasteiger partial charge >= 0.3 is 0 Å². The quantitative estimate of drug-likeness (QED) is 0.353. The molecule has 160 valence electrons. The number of rotatable bonds is 7. The minimum atomic E-state index is -1.18. The number of carbonyl (C=O) groups is 2. The van der Waals surface area contributed by atoms with Crippen LogP contribution < -0.4 is 16.0 Å². The van der Waals surface area contributed by atoms with Gasteiger partial charge in [0.05, 0.1) is 17.7 Å². The van der Waals surface area contributed by atoms with E-state index < -0.39 is 40.3 Å². The van der Waals surface area contributed by atoms with Gasteiger partial charge in [-0.15, -0.1) is 0 Å². The second-order valence-corrected chi connectivity index (χ2v) is 6.66. The van der Waals surface area contributed by atoms with Crippen molar-refractivity contribution in [3.05, 3.63) is 87.0 Å². The van der Waals surface area contributed by atoms with E-state index >= 15 is 0 Å². The number of ether oxygens (including phenoxy) is 1. The molecule has 0 unspecified atom stereocenters. The molecule has 0 saturated carbocycles. The zero-order valence-corrected chi connectivity index (χ0v) is 16.3. The van der Waals surface area contributed by atoms with Crippen molar-refractivity contribution in [3.63, 3.8) is 0 Å².